The van der Waals surface area contributed by atoms with E-state index in [1.54, 1.807) is 0 Å². The van der Waals surface area contributed by atoms with Crippen LogP contribution in [0.2, 0.25) is 0 Å². The summed E-state index contributed by atoms with van der Waals surface area (Å²) in [6.45, 7) is 1.69. The molecule has 0 bridgehead atoms. The van der Waals surface area contributed by atoms with E-state index in [1.165, 1.54) is 28.9 Å². The van der Waals surface area contributed by atoms with Crippen LogP contribution in [0.3, 0.4) is 0 Å². The standard InChI is InChI=1S/C8H8BrNO2S.ClH/c1-12-8(11)7-6(9)4-2-10-3-5(4)13-7;/h10H,2-3H2,1H3;1H. The first-order valence-electron chi connectivity index (χ1n) is 3.83. The van der Waals surface area contributed by atoms with Crippen LogP contribution in [0.1, 0.15) is 20.1 Å². The van der Waals surface area contributed by atoms with Crippen LogP contribution in [-0.2, 0) is 17.8 Å². The Morgan fingerprint density at radius 2 is 2.29 bits per heavy atom. The number of halogens is 2. The Labute approximate surface area is 100 Å². The summed E-state index contributed by atoms with van der Waals surface area (Å²) < 4.78 is 5.57. The molecule has 0 atom stereocenters. The zero-order chi connectivity index (χ0) is 9.42. The van der Waals surface area contributed by atoms with Crippen LogP contribution in [0, 0.1) is 0 Å². The fourth-order valence-corrected chi connectivity index (χ4v) is 3.35. The predicted octanol–water partition coefficient (Wildman–Crippen LogP) is 2.32. The Balaban J connectivity index is 0.000000980. The van der Waals surface area contributed by atoms with Gasteiger partial charge in [0.25, 0.3) is 0 Å². The van der Waals surface area contributed by atoms with Crippen LogP contribution in [0.15, 0.2) is 4.47 Å². The molecule has 3 nitrogen and oxygen atoms in total. The maximum atomic E-state index is 11.3. The van der Waals surface area contributed by atoms with E-state index in [-0.39, 0.29) is 18.4 Å². The third-order valence-electron chi connectivity index (χ3n) is 1.98. The first-order chi connectivity index (χ1) is 6.24. The number of hydrogen-bond acceptors (Lipinski definition) is 4. The summed E-state index contributed by atoms with van der Waals surface area (Å²) in [5, 5.41) is 3.22. The van der Waals surface area contributed by atoms with E-state index >= 15 is 0 Å². The van der Waals surface area contributed by atoms with Crippen molar-refractivity contribution in [3.05, 3.63) is 19.8 Å². The molecular weight excluding hydrogens is 290 g/mol. The van der Waals surface area contributed by atoms with Gasteiger partial charge in [-0.2, -0.15) is 0 Å². The van der Waals surface area contributed by atoms with Crippen molar-refractivity contribution in [2.75, 3.05) is 7.11 Å². The van der Waals surface area contributed by atoms with Gasteiger partial charge < -0.3 is 10.1 Å². The minimum Gasteiger partial charge on any atom is -0.465 e. The smallest absolute Gasteiger partial charge is 0.349 e. The van der Waals surface area contributed by atoms with E-state index in [0.717, 1.165) is 17.6 Å². The summed E-state index contributed by atoms with van der Waals surface area (Å²) in [5.41, 5.74) is 1.20. The molecule has 14 heavy (non-hydrogen) atoms. The highest BCUT2D eigenvalue weighted by Crippen LogP contribution is 2.36. The van der Waals surface area contributed by atoms with E-state index in [1.807, 2.05) is 0 Å². The SMILES string of the molecule is COC(=O)c1sc2c(c1Br)CNC2.Cl. The van der Waals surface area contributed by atoms with Crippen LogP contribution >= 0.6 is 39.7 Å². The lowest BCUT2D eigenvalue weighted by atomic mass is 10.3. The van der Waals surface area contributed by atoms with Crippen LogP contribution < -0.4 is 5.32 Å². The fourth-order valence-electron chi connectivity index (χ4n) is 1.33. The molecule has 2 heterocycles. The molecule has 78 valence electrons. The Kier molecular flexibility index (Phi) is 3.94. The Bertz CT molecular complexity index is 366. The molecule has 0 spiro atoms. The van der Waals surface area contributed by atoms with Crippen molar-refractivity contribution in [2.24, 2.45) is 0 Å². The van der Waals surface area contributed by atoms with E-state index in [9.17, 15) is 4.79 Å². The van der Waals surface area contributed by atoms with Gasteiger partial charge in [-0.3, -0.25) is 0 Å². The lowest BCUT2D eigenvalue weighted by Gasteiger charge is -1.97. The van der Waals surface area contributed by atoms with Gasteiger partial charge in [0, 0.05) is 22.4 Å². The van der Waals surface area contributed by atoms with Gasteiger partial charge in [-0.1, -0.05) is 0 Å². The number of carbonyl (C=O) groups is 1. The van der Waals surface area contributed by atoms with Gasteiger partial charge in [0.1, 0.15) is 4.88 Å². The van der Waals surface area contributed by atoms with Crippen LogP contribution in [0.5, 0.6) is 0 Å². The molecule has 0 radical (unpaired) electrons. The molecule has 1 aliphatic heterocycles. The molecule has 0 amide bonds. The second-order valence-electron chi connectivity index (χ2n) is 2.74. The van der Waals surface area contributed by atoms with Gasteiger partial charge in [0.2, 0.25) is 0 Å². The normalized spacial score (nSPS) is 13.3. The summed E-state index contributed by atoms with van der Waals surface area (Å²) in [6, 6.07) is 0. The molecule has 0 saturated heterocycles. The van der Waals surface area contributed by atoms with Crippen LogP contribution in [0.4, 0.5) is 0 Å². The molecule has 0 fully saturated rings. The number of methoxy groups -OCH3 is 1. The van der Waals surface area contributed by atoms with Crippen molar-refractivity contribution < 1.29 is 9.53 Å². The van der Waals surface area contributed by atoms with Gasteiger partial charge in [0.15, 0.2) is 0 Å². The third-order valence-corrected chi connectivity index (χ3v) is 4.33. The minimum atomic E-state index is -0.258. The third kappa shape index (κ3) is 1.82. The molecular formula is C8H9BrClNO2S. The Morgan fingerprint density at radius 3 is 2.86 bits per heavy atom. The average molecular weight is 299 g/mol. The average Bonchev–Trinajstić information content (AvgIpc) is 2.68. The molecule has 0 unspecified atom stereocenters. The van der Waals surface area contributed by atoms with Crippen molar-refractivity contribution in [3.8, 4) is 0 Å². The quantitative estimate of drug-likeness (QED) is 0.809. The number of ether oxygens (including phenoxy) is 1. The van der Waals surface area contributed by atoms with Crippen molar-refractivity contribution in [2.45, 2.75) is 13.1 Å². The van der Waals surface area contributed by atoms with Crippen LogP contribution in [0.25, 0.3) is 0 Å². The second kappa shape index (κ2) is 4.61. The molecule has 0 saturated carbocycles. The van der Waals surface area contributed by atoms with E-state index in [4.69, 9.17) is 0 Å². The van der Waals surface area contributed by atoms with Gasteiger partial charge >= 0.3 is 5.97 Å². The minimum absolute atomic E-state index is 0. The molecule has 1 N–H and O–H groups in total. The number of nitrogens with one attached hydrogen (secondary N) is 1. The summed E-state index contributed by atoms with van der Waals surface area (Å²) in [4.78, 5) is 13.2. The second-order valence-corrected chi connectivity index (χ2v) is 4.64. The van der Waals surface area contributed by atoms with E-state index in [0.29, 0.717) is 4.88 Å². The van der Waals surface area contributed by atoms with Crippen molar-refractivity contribution in [1.82, 2.24) is 5.32 Å². The Morgan fingerprint density at radius 1 is 1.57 bits per heavy atom. The number of rotatable bonds is 1. The molecule has 1 aromatic rings. The van der Waals surface area contributed by atoms with Crippen molar-refractivity contribution in [1.29, 1.82) is 0 Å². The van der Waals surface area contributed by atoms with Crippen molar-refractivity contribution in [3.63, 3.8) is 0 Å². The van der Waals surface area contributed by atoms with Crippen LogP contribution in [-0.4, -0.2) is 13.1 Å². The van der Waals surface area contributed by atoms with E-state index < -0.39 is 0 Å². The predicted molar refractivity (Wildman–Crippen MR) is 61.2 cm³/mol. The number of fused-ring (bicyclic) bond motifs is 1. The fraction of sp³-hybridized carbons (Fsp3) is 0.375. The monoisotopic (exact) mass is 297 g/mol. The molecule has 1 aromatic heterocycles. The highest BCUT2D eigenvalue weighted by Gasteiger charge is 2.24. The maximum Gasteiger partial charge on any atom is 0.349 e. The molecule has 0 aliphatic carbocycles. The highest BCUT2D eigenvalue weighted by atomic mass is 79.9. The molecule has 6 heteroatoms. The summed E-state index contributed by atoms with van der Waals surface area (Å²) in [7, 11) is 1.40. The number of hydrogen-bond donors (Lipinski definition) is 1. The topological polar surface area (TPSA) is 38.3 Å². The number of esters is 1. The van der Waals surface area contributed by atoms with Gasteiger partial charge in [-0.25, -0.2) is 4.79 Å². The zero-order valence-electron chi connectivity index (χ0n) is 7.43. The zero-order valence-corrected chi connectivity index (χ0v) is 10.6. The number of carbonyl (C=O) groups excluding carboxylic acids is 1. The summed E-state index contributed by atoms with van der Waals surface area (Å²) in [5.74, 6) is -0.258. The van der Waals surface area contributed by atoms with Gasteiger partial charge in [-0.15, -0.1) is 23.7 Å². The molecule has 1 aliphatic rings. The van der Waals surface area contributed by atoms with Gasteiger partial charge in [0.05, 0.1) is 7.11 Å². The lowest BCUT2D eigenvalue weighted by Crippen LogP contribution is -2.03. The largest absolute Gasteiger partial charge is 0.465 e. The molecule has 0 aromatic carbocycles. The summed E-state index contributed by atoms with van der Waals surface area (Å²) in [6.07, 6.45) is 0. The first kappa shape index (κ1) is 12.0. The van der Waals surface area contributed by atoms with Crippen molar-refractivity contribution >= 4 is 45.6 Å². The Hall–Kier alpha value is -0.100. The highest BCUT2D eigenvalue weighted by molar-refractivity contribution is 9.10. The van der Waals surface area contributed by atoms with Gasteiger partial charge in [-0.05, 0) is 21.5 Å². The first-order valence-corrected chi connectivity index (χ1v) is 5.44. The number of thiophene rings is 1. The van der Waals surface area contributed by atoms with E-state index in [2.05, 4.69) is 26.0 Å². The lowest BCUT2D eigenvalue weighted by molar-refractivity contribution is 0.0605. The maximum absolute atomic E-state index is 11.3. The summed E-state index contributed by atoms with van der Waals surface area (Å²) >= 11 is 4.91. The molecule has 2 rings (SSSR count).